The van der Waals surface area contributed by atoms with Crippen LogP contribution in [0.4, 0.5) is 11.4 Å². The smallest absolute Gasteiger partial charge is 0.292 e. The Kier molecular flexibility index (Phi) is 4.81. The molecule has 0 spiro atoms. The van der Waals surface area contributed by atoms with Crippen molar-refractivity contribution in [2.24, 2.45) is 9.98 Å². The van der Waals surface area contributed by atoms with Crippen LogP contribution in [0.3, 0.4) is 0 Å². The summed E-state index contributed by atoms with van der Waals surface area (Å²) in [4.78, 5) is 8.38. The van der Waals surface area contributed by atoms with Crippen LogP contribution in [0.15, 0.2) is 58.5 Å². The van der Waals surface area contributed by atoms with Crippen LogP contribution in [-0.4, -0.2) is 12.4 Å². The normalized spacial score (nSPS) is 10.4. The SMILES string of the molecule is N#COc1ccc(N=CC=Nc2ccc(C#N)cc2)cc1. The Bertz CT molecular complexity index is 732. The first-order valence-corrected chi connectivity index (χ1v) is 6.05. The van der Waals surface area contributed by atoms with Crippen molar-refractivity contribution >= 4 is 23.8 Å². The highest BCUT2D eigenvalue weighted by molar-refractivity contribution is 6.17. The van der Waals surface area contributed by atoms with Crippen LogP contribution in [-0.2, 0) is 0 Å². The van der Waals surface area contributed by atoms with Gasteiger partial charge < -0.3 is 4.74 Å². The molecule has 0 unspecified atom stereocenters. The van der Waals surface area contributed by atoms with Gasteiger partial charge >= 0.3 is 0 Å². The van der Waals surface area contributed by atoms with Crippen LogP contribution >= 0.6 is 0 Å². The van der Waals surface area contributed by atoms with Gasteiger partial charge in [-0.2, -0.15) is 5.26 Å². The molecule has 21 heavy (non-hydrogen) atoms. The van der Waals surface area contributed by atoms with Crippen molar-refractivity contribution in [3.63, 3.8) is 0 Å². The van der Waals surface area contributed by atoms with Crippen LogP contribution in [0.5, 0.6) is 5.75 Å². The van der Waals surface area contributed by atoms with Crippen molar-refractivity contribution in [2.75, 3.05) is 0 Å². The zero-order valence-corrected chi connectivity index (χ0v) is 11.0. The zero-order chi connectivity index (χ0) is 14.9. The number of benzene rings is 2. The van der Waals surface area contributed by atoms with Gasteiger partial charge in [0.25, 0.3) is 6.26 Å². The molecule has 0 N–H and O–H groups in total. The predicted molar refractivity (Wildman–Crippen MR) is 80.1 cm³/mol. The maximum absolute atomic E-state index is 8.69. The van der Waals surface area contributed by atoms with Gasteiger partial charge in [-0.3, -0.25) is 9.98 Å². The molecule has 0 saturated carbocycles. The van der Waals surface area contributed by atoms with Crippen LogP contribution in [0, 0.1) is 22.8 Å². The van der Waals surface area contributed by atoms with Crippen molar-refractivity contribution in [1.82, 2.24) is 0 Å². The standard InChI is InChI=1S/C16H10N4O/c17-11-13-1-3-14(4-2-13)19-9-10-20-15-5-7-16(8-6-15)21-12-18/h1-10H. The highest BCUT2D eigenvalue weighted by atomic mass is 16.5. The molecule has 2 aromatic rings. The number of nitriles is 2. The summed E-state index contributed by atoms with van der Waals surface area (Å²) in [6.45, 7) is 0. The molecule has 5 nitrogen and oxygen atoms in total. The molecule has 0 fully saturated rings. The fraction of sp³-hybridized carbons (Fsp3) is 0. The molecule has 0 amide bonds. The van der Waals surface area contributed by atoms with Gasteiger partial charge in [-0.25, -0.2) is 0 Å². The quantitative estimate of drug-likeness (QED) is 0.631. The number of rotatable bonds is 4. The molecule has 100 valence electrons. The van der Waals surface area contributed by atoms with Gasteiger partial charge in [-0.05, 0) is 48.5 Å². The Balaban J connectivity index is 1.96. The molecule has 0 aliphatic rings. The summed E-state index contributed by atoms with van der Waals surface area (Å²) in [5, 5.41) is 17.1. The second kappa shape index (κ2) is 7.22. The van der Waals surface area contributed by atoms with E-state index in [1.807, 2.05) is 6.07 Å². The highest BCUT2D eigenvalue weighted by Gasteiger charge is 1.92. The minimum atomic E-state index is 0.475. The van der Waals surface area contributed by atoms with E-state index in [-0.39, 0.29) is 0 Å². The molecule has 0 atom stereocenters. The van der Waals surface area contributed by atoms with Crippen LogP contribution < -0.4 is 4.74 Å². The summed E-state index contributed by atoms with van der Waals surface area (Å²) in [7, 11) is 0. The van der Waals surface area contributed by atoms with Gasteiger partial charge in [0.1, 0.15) is 5.75 Å². The van der Waals surface area contributed by atoms with Crippen molar-refractivity contribution in [1.29, 1.82) is 10.5 Å². The van der Waals surface area contributed by atoms with E-state index >= 15 is 0 Å². The lowest BCUT2D eigenvalue weighted by Crippen LogP contribution is -1.80. The van der Waals surface area contributed by atoms with E-state index in [4.69, 9.17) is 10.5 Å². The molecule has 0 saturated heterocycles. The lowest BCUT2D eigenvalue weighted by atomic mass is 10.2. The van der Waals surface area contributed by atoms with E-state index in [1.165, 1.54) is 0 Å². The molecule has 0 radical (unpaired) electrons. The van der Waals surface area contributed by atoms with Crippen molar-refractivity contribution < 1.29 is 4.74 Å². The Morgan fingerprint density at radius 2 is 1.33 bits per heavy atom. The van der Waals surface area contributed by atoms with E-state index in [0.29, 0.717) is 11.3 Å². The number of hydrogen-bond acceptors (Lipinski definition) is 5. The summed E-state index contributed by atoms with van der Waals surface area (Å²) in [5.74, 6) is 0.475. The molecule has 0 aromatic heterocycles. The third-order valence-electron chi connectivity index (χ3n) is 2.51. The van der Waals surface area contributed by atoms with E-state index in [9.17, 15) is 0 Å². The Labute approximate surface area is 122 Å². The summed E-state index contributed by atoms with van der Waals surface area (Å²) in [6, 6.07) is 15.8. The minimum absolute atomic E-state index is 0.475. The number of hydrogen-bond donors (Lipinski definition) is 0. The summed E-state index contributed by atoms with van der Waals surface area (Å²) >= 11 is 0. The first-order chi connectivity index (χ1) is 10.3. The van der Waals surface area contributed by atoms with Gasteiger partial charge in [-0.15, -0.1) is 5.26 Å². The Morgan fingerprint density at radius 3 is 1.81 bits per heavy atom. The fourth-order valence-corrected chi connectivity index (χ4v) is 1.51. The van der Waals surface area contributed by atoms with Gasteiger partial charge in [0.15, 0.2) is 0 Å². The van der Waals surface area contributed by atoms with Crippen LogP contribution in [0.2, 0.25) is 0 Å². The fourth-order valence-electron chi connectivity index (χ4n) is 1.51. The molecule has 2 rings (SSSR count). The monoisotopic (exact) mass is 274 g/mol. The van der Waals surface area contributed by atoms with Crippen molar-refractivity contribution in [3.05, 3.63) is 54.1 Å². The average molecular weight is 274 g/mol. The van der Waals surface area contributed by atoms with E-state index in [1.54, 1.807) is 67.2 Å². The van der Waals surface area contributed by atoms with Crippen molar-refractivity contribution in [2.45, 2.75) is 0 Å². The molecule has 0 aliphatic heterocycles. The van der Waals surface area contributed by atoms with E-state index < -0.39 is 0 Å². The molecular weight excluding hydrogens is 264 g/mol. The largest absolute Gasteiger partial charge is 0.388 e. The summed E-state index contributed by atoms with van der Waals surface area (Å²) in [6.07, 6.45) is 4.74. The van der Waals surface area contributed by atoms with Gasteiger partial charge in [0, 0.05) is 12.4 Å². The first kappa shape index (κ1) is 14.0. The molecule has 0 heterocycles. The van der Waals surface area contributed by atoms with E-state index in [2.05, 4.69) is 14.7 Å². The molecule has 5 heteroatoms. The molecule has 0 bridgehead atoms. The van der Waals surface area contributed by atoms with Crippen molar-refractivity contribution in [3.8, 4) is 18.1 Å². The van der Waals surface area contributed by atoms with Crippen LogP contribution in [0.25, 0.3) is 0 Å². The van der Waals surface area contributed by atoms with Crippen LogP contribution in [0.1, 0.15) is 5.56 Å². The third kappa shape index (κ3) is 4.30. The Hall–Kier alpha value is -3.44. The number of ether oxygens (including phenoxy) is 1. The second-order valence-corrected chi connectivity index (χ2v) is 3.90. The number of nitrogens with zero attached hydrogens (tertiary/aromatic N) is 4. The lowest BCUT2D eigenvalue weighted by molar-refractivity contribution is 0.507. The maximum atomic E-state index is 8.69. The van der Waals surface area contributed by atoms with E-state index in [0.717, 1.165) is 11.4 Å². The molecule has 0 aliphatic carbocycles. The second-order valence-electron chi connectivity index (χ2n) is 3.90. The summed E-state index contributed by atoms with van der Waals surface area (Å²) in [5.41, 5.74) is 2.08. The predicted octanol–water partition coefficient (Wildman–Crippen LogP) is 3.52. The molecular formula is C16H10N4O. The first-order valence-electron chi connectivity index (χ1n) is 6.05. The van der Waals surface area contributed by atoms with Gasteiger partial charge in [-0.1, -0.05) is 0 Å². The highest BCUT2D eigenvalue weighted by Crippen LogP contribution is 2.17. The maximum Gasteiger partial charge on any atom is 0.292 e. The third-order valence-corrected chi connectivity index (χ3v) is 2.51. The number of aliphatic imine (C=N–C) groups is 2. The van der Waals surface area contributed by atoms with Gasteiger partial charge in [0.2, 0.25) is 0 Å². The zero-order valence-electron chi connectivity index (χ0n) is 11.0. The minimum Gasteiger partial charge on any atom is -0.388 e. The molecule has 2 aromatic carbocycles. The van der Waals surface area contributed by atoms with Gasteiger partial charge in [0.05, 0.1) is 23.0 Å². The average Bonchev–Trinajstić information content (AvgIpc) is 2.54. The topological polar surface area (TPSA) is 81.5 Å². The lowest BCUT2D eigenvalue weighted by Gasteiger charge is -1.95. The summed E-state index contributed by atoms with van der Waals surface area (Å²) < 4.78 is 4.67. The Morgan fingerprint density at radius 1 is 0.810 bits per heavy atom.